The SMILES string of the molecule is CC/C=C\C/C=C\C/C=C\C/C=C\C/C=C\CCC(=O)OCC(COC(=O)CCCCCCCCCCCC)OC(=O)CCCCCCC/C=C\CCCCC. The van der Waals surface area contributed by atoms with E-state index in [-0.39, 0.29) is 37.5 Å². The Kier molecular flexibility index (Phi) is 42.1. The number of allylic oxidation sites excluding steroid dienone is 12. The molecule has 0 aliphatic rings. The van der Waals surface area contributed by atoms with Crippen LogP contribution in [-0.4, -0.2) is 37.2 Å². The fraction of sp³-hybridized carbons (Fsp3) is 0.700. The topological polar surface area (TPSA) is 78.9 Å². The summed E-state index contributed by atoms with van der Waals surface area (Å²) in [6, 6.07) is 0. The van der Waals surface area contributed by atoms with E-state index in [2.05, 4.69) is 81.5 Å². The van der Waals surface area contributed by atoms with Gasteiger partial charge in [0.15, 0.2) is 6.10 Å². The molecule has 0 bridgehead atoms. The second-order valence-electron chi connectivity index (χ2n) is 14.9. The Balaban J connectivity index is 4.50. The van der Waals surface area contributed by atoms with Crippen LogP contribution in [0.3, 0.4) is 0 Å². The fourth-order valence-corrected chi connectivity index (χ4v) is 6.01. The molecular weight excluding hydrogens is 697 g/mol. The maximum atomic E-state index is 12.7. The van der Waals surface area contributed by atoms with E-state index in [4.69, 9.17) is 14.2 Å². The predicted molar refractivity (Wildman–Crippen MR) is 238 cm³/mol. The highest BCUT2D eigenvalue weighted by Gasteiger charge is 2.19. The van der Waals surface area contributed by atoms with Crippen molar-refractivity contribution in [1.29, 1.82) is 0 Å². The summed E-state index contributed by atoms with van der Waals surface area (Å²) in [4.78, 5) is 37.7. The van der Waals surface area contributed by atoms with E-state index in [1.807, 2.05) is 12.2 Å². The van der Waals surface area contributed by atoms with E-state index in [0.29, 0.717) is 19.3 Å². The standard InChI is InChI=1S/C50H84O6/c1-4-7-10-13-16-19-22-24-25-26-27-29-31-34-37-40-43-49(52)55-46-47(45-54-48(51)42-39-36-33-30-21-18-15-12-9-6-3)56-50(53)44-41-38-35-32-28-23-20-17-14-11-8-5-2/h7,10,16-17,19-20,24-25,27,29,34,37,47H,4-6,8-9,11-15,18,21-23,26,28,30-33,35-36,38-46H2,1-3H3/b10-7-,19-16-,20-17-,25-24-,29-27-,37-34-. The molecule has 0 saturated carbocycles. The summed E-state index contributed by atoms with van der Waals surface area (Å²) in [5.41, 5.74) is 0. The Morgan fingerprint density at radius 3 is 1.23 bits per heavy atom. The van der Waals surface area contributed by atoms with Crippen molar-refractivity contribution in [1.82, 2.24) is 0 Å². The molecule has 0 rings (SSSR count). The molecule has 6 heteroatoms. The van der Waals surface area contributed by atoms with Gasteiger partial charge in [0, 0.05) is 19.3 Å². The summed E-state index contributed by atoms with van der Waals surface area (Å²) in [5, 5.41) is 0. The maximum Gasteiger partial charge on any atom is 0.306 e. The van der Waals surface area contributed by atoms with Gasteiger partial charge in [0.05, 0.1) is 0 Å². The number of esters is 3. The van der Waals surface area contributed by atoms with E-state index >= 15 is 0 Å². The highest BCUT2D eigenvalue weighted by Crippen LogP contribution is 2.13. The van der Waals surface area contributed by atoms with Crippen molar-refractivity contribution in [3.05, 3.63) is 72.9 Å². The first-order valence-electron chi connectivity index (χ1n) is 22.9. The molecule has 0 aromatic rings. The third-order valence-corrected chi connectivity index (χ3v) is 9.46. The van der Waals surface area contributed by atoms with Crippen LogP contribution >= 0.6 is 0 Å². The normalized spacial score (nSPS) is 12.7. The van der Waals surface area contributed by atoms with Gasteiger partial charge < -0.3 is 14.2 Å². The molecule has 1 unspecified atom stereocenters. The summed E-state index contributed by atoms with van der Waals surface area (Å²) < 4.78 is 16.6. The van der Waals surface area contributed by atoms with Gasteiger partial charge in [-0.2, -0.15) is 0 Å². The van der Waals surface area contributed by atoms with Crippen LogP contribution < -0.4 is 0 Å². The Labute approximate surface area is 344 Å². The van der Waals surface area contributed by atoms with Crippen molar-refractivity contribution in [3.8, 4) is 0 Å². The highest BCUT2D eigenvalue weighted by atomic mass is 16.6. The molecule has 0 spiro atoms. The first-order chi connectivity index (χ1) is 27.5. The molecule has 0 amide bonds. The molecule has 6 nitrogen and oxygen atoms in total. The van der Waals surface area contributed by atoms with Crippen LogP contribution in [0.25, 0.3) is 0 Å². The second-order valence-corrected chi connectivity index (χ2v) is 14.9. The smallest absolute Gasteiger partial charge is 0.306 e. The molecule has 0 aliphatic heterocycles. The van der Waals surface area contributed by atoms with Gasteiger partial charge in [-0.15, -0.1) is 0 Å². The summed E-state index contributed by atoms with van der Waals surface area (Å²) in [5.74, 6) is -1.00. The lowest BCUT2D eigenvalue weighted by molar-refractivity contribution is -0.166. The highest BCUT2D eigenvalue weighted by molar-refractivity contribution is 5.71. The zero-order valence-electron chi connectivity index (χ0n) is 36.4. The van der Waals surface area contributed by atoms with Crippen LogP contribution in [-0.2, 0) is 28.6 Å². The monoisotopic (exact) mass is 781 g/mol. The van der Waals surface area contributed by atoms with Gasteiger partial charge in [-0.3, -0.25) is 14.4 Å². The van der Waals surface area contributed by atoms with Crippen LogP contribution in [0.5, 0.6) is 0 Å². The van der Waals surface area contributed by atoms with Crippen LogP contribution in [0.4, 0.5) is 0 Å². The molecular formula is C50H84O6. The molecule has 56 heavy (non-hydrogen) atoms. The Morgan fingerprint density at radius 1 is 0.375 bits per heavy atom. The van der Waals surface area contributed by atoms with Crippen molar-refractivity contribution in [3.63, 3.8) is 0 Å². The molecule has 320 valence electrons. The minimum Gasteiger partial charge on any atom is -0.462 e. The van der Waals surface area contributed by atoms with Gasteiger partial charge in [0.1, 0.15) is 13.2 Å². The molecule has 0 aliphatic carbocycles. The van der Waals surface area contributed by atoms with Gasteiger partial charge in [0.25, 0.3) is 0 Å². The van der Waals surface area contributed by atoms with Crippen molar-refractivity contribution in [2.45, 2.75) is 213 Å². The molecule has 0 aromatic carbocycles. The molecule has 0 saturated heterocycles. The van der Waals surface area contributed by atoms with E-state index in [1.54, 1.807) is 0 Å². The summed E-state index contributed by atoms with van der Waals surface area (Å²) >= 11 is 0. The Morgan fingerprint density at radius 2 is 0.732 bits per heavy atom. The van der Waals surface area contributed by atoms with Crippen LogP contribution in [0.15, 0.2) is 72.9 Å². The lowest BCUT2D eigenvalue weighted by Crippen LogP contribution is -2.30. The molecule has 0 fully saturated rings. The summed E-state index contributed by atoms with van der Waals surface area (Å²) in [7, 11) is 0. The quantitative estimate of drug-likeness (QED) is 0.0267. The first kappa shape index (κ1) is 52.9. The maximum absolute atomic E-state index is 12.7. The van der Waals surface area contributed by atoms with Gasteiger partial charge in [-0.25, -0.2) is 0 Å². The number of unbranched alkanes of at least 4 members (excludes halogenated alkanes) is 17. The fourth-order valence-electron chi connectivity index (χ4n) is 6.01. The van der Waals surface area contributed by atoms with Crippen molar-refractivity contribution < 1.29 is 28.6 Å². The predicted octanol–water partition coefficient (Wildman–Crippen LogP) is 14.7. The molecule has 0 aromatic heterocycles. The average molecular weight is 781 g/mol. The minimum atomic E-state index is -0.805. The third kappa shape index (κ3) is 42.0. The zero-order chi connectivity index (χ0) is 40.8. The van der Waals surface area contributed by atoms with Crippen molar-refractivity contribution in [2.75, 3.05) is 13.2 Å². The van der Waals surface area contributed by atoms with E-state index in [0.717, 1.165) is 83.5 Å². The van der Waals surface area contributed by atoms with Gasteiger partial charge in [-0.1, -0.05) is 184 Å². The number of carbonyl (C=O) groups is 3. The van der Waals surface area contributed by atoms with E-state index < -0.39 is 6.10 Å². The van der Waals surface area contributed by atoms with Gasteiger partial charge in [0.2, 0.25) is 0 Å². The number of hydrogen-bond acceptors (Lipinski definition) is 6. The number of hydrogen-bond donors (Lipinski definition) is 0. The van der Waals surface area contributed by atoms with Crippen LogP contribution in [0, 0.1) is 0 Å². The molecule has 1 atom stereocenters. The van der Waals surface area contributed by atoms with Gasteiger partial charge in [-0.05, 0) is 77.0 Å². The summed E-state index contributed by atoms with van der Waals surface area (Å²) in [6.07, 6.45) is 54.6. The number of rotatable bonds is 40. The Hall–Kier alpha value is -3.15. The number of ether oxygens (including phenoxy) is 3. The lowest BCUT2D eigenvalue weighted by atomic mass is 10.1. The van der Waals surface area contributed by atoms with Crippen molar-refractivity contribution >= 4 is 17.9 Å². The average Bonchev–Trinajstić information content (AvgIpc) is 3.19. The van der Waals surface area contributed by atoms with E-state index in [9.17, 15) is 14.4 Å². The molecule has 0 heterocycles. The zero-order valence-corrected chi connectivity index (χ0v) is 36.4. The Bertz CT molecular complexity index is 1080. The first-order valence-corrected chi connectivity index (χ1v) is 22.9. The molecule has 0 N–H and O–H groups in total. The minimum absolute atomic E-state index is 0.101. The summed E-state index contributed by atoms with van der Waals surface area (Å²) in [6.45, 7) is 6.39. The van der Waals surface area contributed by atoms with Crippen LogP contribution in [0.1, 0.15) is 207 Å². The van der Waals surface area contributed by atoms with E-state index in [1.165, 1.54) is 77.0 Å². The largest absolute Gasteiger partial charge is 0.462 e. The van der Waals surface area contributed by atoms with Crippen molar-refractivity contribution in [2.24, 2.45) is 0 Å². The second kappa shape index (κ2) is 44.6. The van der Waals surface area contributed by atoms with Gasteiger partial charge >= 0.3 is 17.9 Å². The number of carbonyl (C=O) groups excluding carboxylic acids is 3. The lowest BCUT2D eigenvalue weighted by Gasteiger charge is -2.18. The molecule has 0 radical (unpaired) electrons. The van der Waals surface area contributed by atoms with Crippen LogP contribution in [0.2, 0.25) is 0 Å². The third-order valence-electron chi connectivity index (χ3n) is 9.46.